The predicted molar refractivity (Wildman–Crippen MR) is 77.4 cm³/mol. The van der Waals surface area contributed by atoms with Crippen LogP contribution < -0.4 is 0 Å². The Bertz CT molecular complexity index is 507. The number of ether oxygens (including phenoxy) is 1. The number of carbonyl (C=O) groups excluding carboxylic acids is 1. The highest BCUT2D eigenvalue weighted by Gasteiger charge is 2.26. The SMILES string of the molecule is CCOP(=O)(Cc1cccc(C(=O)OC)c1Cl)OCC. The van der Waals surface area contributed by atoms with Crippen LogP contribution in [-0.2, 0) is 24.5 Å². The topological polar surface area (TPSA) is 61.8 Å². The molecular weight excluding hydrogens is 303 g/mol. The zero-order valence-electron chi connectivity index (χ0n) is 11.7. The summed E-state index contributed by atoms with van der Waals surface area (Å²) in [5.41, 5.74) is 0.756. The maximum Gasteiger partial charge on any atom is 0.339 e. The van der Waals surface area contributed by atoms with E-state index in [9.17, 15) is 9.36 Å². The Balaban J connectivity index is 3.08. The molecule has 0 aromatic heterocycles. The van der Waals surface area contributed by atoms with E-state index in [0.29, 0.717) is 5.56 Å². The summed E-state index contributed by atoms with van der Waals surface area (Å²) in [6, 6.07) is 4.87. The average molecular weight is 321 g/mol. The summed E-state index contributed by atoms with van der Waals surface area (Å²) in [6.45, 7) is 4.01. The van der Waals surface area contributed by atoms with Gasteiger partial charge in [0.2, 0.25) is 0 Å². The molecule has 1 rings (SSSR count). The molecule has 0 N–H and O–H groups in total. The highest BCUT2D eigenvalue weighted by molar-refractivity contribution is 7.53. The molecule has 1 aromatic carbocycles. The summed E-state index contributed by atoms with van der Waals surface area (Å²) in [5, 5.41) is 0.207. The van der Waals surface area contributed by atoms with E-state index in [4.69, 9.17) is 20.6 Å². The van der Waals surface area contributed by atoms with Crippen LogP contribution in [0, 0.1) is 0 Å². The quantitative estimate of drug-likeness (QED) is 0.563. The summed E-state index contributed by atoms with van der Waals surface area (Å²) < 4.78 is 27.5. The van der Waals surface area contributed by atoms with Crippen LogP contribution in [0.4, 0.5) is 0 Å². The van der Waals surface area contributed by atoms with Crippen molar-refractivity contribution >= 4 is 25.2 Å². The molecule has 0 aliphatic heterocycles. The molecule has 112 valence electrons. The number of hydrogen-bond acceptors (Lipinski definition) is 5. The van der Waals surface area contributed by atoms with Crippen LogP contribution >= 0.6 is 19.2 Å². The molecule has 0 amide bonds. The van der Waals surface area contributed by atoms with Gasteiger partial charge in [-0.15, -0.1) is 0 Å². The molecule has 0 fully saturated rings. The van der Waals surface area contributed by atoms with Crippen LogP contribution in [0.15, 0.2) is 18.2 Å². The van der Waals surface area contributed by atoms with Gasteiger partial charge in [0.25, 0.3) is 0 Å². The predicted octanol–water partition coefficient (Wildman–Crippen LogP) is 3.89. The van der Waals surface area contributed by atoms with Gasteiger partial charge in [-0.05, 0) is 25.5 Å². The lowest BCUT2D eigenvalue weighted by Crippen LogP contribution is -2.05. The first-order valence-corrected chi connectivity index (χ1v) is 8.31. The van der Waals surface area contributed by atoms with Crippen molar-refractivity contribution in [3.05, 3.63) is 34.3 Å². The minimum Gasteiger partial charge on any atom is -0.465 e. The van der Waals surface area contributed by atoms with Crippen LogP contribution in [0.3, 0.4) is 0 Å². The Hall–Kier alpha value is -0.870. The molecule has 0 aliphatic carbocycles. The van der Waals surface area contributed by atoms with Crippen molar-refractivity contribution in [2.75, 3.05) is 20.3 Å². The third-order valence-corrected chi connectivity index (χ3v) is 4.98. The second kappa shape index (κ2) is 7.79. The smallest absolute Gasteiger partial charge is 0.339 e. The maximum absolute atomic E-state index is 12.5. The summed E-state index contributed by atoms with van der Waals surface area (Å²) in [6.07, 6.45) is 0.0122. The van der Waals surface area contributed by atoms with Gasteiger partial charge in [0.05, 0.1) is 37.1 Å². The van der Waals surface area contributed by atoms with Crippen molar-refractivity contribution in [1.82, 2.24) is 0 Å². The fraction of sp³-hybridized carbons (Fsp3) is 0.462. The zero-order valence-corrected chi connectivity index (χ0v) is 13.4. The van der Waals surface area contributed by atoms with E-state index in [-0.39, 0.29) is 30.0 Å². The highest BCUT2D eigenvalue weighted by atomic mass is 35.5. The Morgan fingerprint density at radius 1 is 1.25 bits per heavy atom. The summed E-state index contributed by atoms with van der Waals surface area (Å²) >= 11 is 6.16. The molecule has 0 spiro atoms. The monoisotopic (exact) mass is 320 g/mol. The van der Waals surface area contributed by atoms with Gasteiger partial charge in [0, 0.05) is 0 Å². The average Bonchev–Trinajstić information content (AvgIpc) is 2.41. The minimum absolute atomic E-state index is 0.0122. The normalized spacial score (nSPS) is 11.4. The van der Waals surface area contributed by atoms with E-state index in [1.54, 1.807) is 32.0 Å². The Kier molecular flexibility index (Phi) is 6.69. The Morgan fingerprint density at radius 3 is 2.35 bits per heavy atom. The standard InChI is InChI=1S/C13H18ClO5P/c1-4-18-20(16,19-5-2)9-10-7-6-8-11(12(10)14)13(15)17-3/h6-8H,4-5,9H2,1-3H3. The van der Waals surface area contributed by atoms with Crippen molar-refractivity contribution in [3.8, 4) is 0 Å². The maximum atomic E-state index is 12.5. The van der Waals surface area contributed by atoms with Gasteiger partial charge in [0.1, 0.15) is 0 Å². The van der Waals surface area contributed by atoms with Crippen LogP contribution in [-0.4, -0.2) is 26.3 Å². The lowest BCUT2D eigenvalue weighted by Gasteiger charge is -2.18. The summed E-state index contributed by atoms with van der Waals surface area (Å²) in [7, 11) is -1.99. The zero-order chi connectivity index (χ0) is 15.2. The van der Waals surface area contributed by atoms with Gasteiger partial charge >= 0.3 is 13.6 Å². The van der Waals surface area contributed by atoms with E-state index in [1.807, 2.05) is 0 Å². The number of esters is 1. The molecule has 5 nitrogen and oxygen atoms in total. The van der Waals surface area contributed by atoms with Crippen LogP contribution in [0.2, 0.25) is 5.02 Å². The molecule has 0 aliphatic rings. The van der Waals surface area contributed by atoms with Gasteiger partial charge in [-0.25, -0.2) is 4.79 Å². The molecule has 0 radical (unpaired) electrons. The molecule has 0 saturated carbocycles. The molecule has 20 heavy (non-hydrogen) atoms. The molecule has 0 atom stereocenters. The molecule has 0 saturated heterocycles. The fourth-order valence-corrected chi connectivity index (χ4v) is 3.79. The summed E-state index contributed by atoms with van der Waals surface area (Å²) in [4.78, 5) is 11.6. The molecule has 7 heteroatoms. The van der Waals surface area contributed by atoms with E-state index >= 15 is 0 Å². The molecule has 0 unspecified atom stereocenters. The van der Waals surface area contributed by atoms with Crippen molar-refractivity contribution in [1.29, 1.82) is 0 Å². The molecular formula is C13H18ClO5P. The number of rotatable bonds is 7. The van der Waals surface area contributed by atoms with Gasteiger partial charge < -0.3 is 13.8 Å². The number of hydrogen-bond donors (Lipinski definition) is 0. The Labute approximate surface area is 123 Å². The van der Waals surface area contributed by atoms with Gasteiger partial charge in [-0.2, -0.15) is 0 Å². The minimum atomic E-state index is -3.26. The lowest BCUT2D eigenvalue weighted by molar-refractivity contribution is 0.0600. The van der Waals surface area contributed by atoms with E-state index in [2.05, 4.69) is 4.74 Å². The van der Waals surface area contributed by atoms with Crippen LogP contribution in [0.25, 0.3) is 0 Å². The third kappa shape index (κ3) is 4.32. The number of benzene rings is 1. The first kappa shape index (κ1) is 17.2. The van der Waals surface area contributed by atoms with Crippen molar-refractivity contribution < 1.29 is 23.1 Å². The van der Waals surface area contributed by atoms with E-state index < -0.39 is 13.6 Å². The number of carbonyl (C=O) groups is 1. The van der Waals surface area contributed by atoms with Gasteiger partial charge in [-0.1, -0.05) is 23.7 Å². The van der Waals surface area contributed by atoms with E-state index in [0.717, 1.165) is 0 Å². The van der Waals surface area contributed by atoms with Crippen LogP contribution in [0.5, 0.6) is 0 Å². The Morgan fingerprint density at radius 2 is 1.85 bits per heavy atom. The highest BCUT2D eigenvalue weighted by Crippen LogP contribution is 2.52. The van der Waals surface area contributed by atoms with E-state index in [1.165, 1.54) is 7.11 Å². The third-order valence-electron chi connectivity index (χ3n) is 2.50. The molecule has 0 bridgehead atoms. The molecule has 0 heterocycles. The molecule has 1 aromatic rings. The van der Waals surface area contributed by atoms with Crippen molar-refractivity contribution in [3.63, 3.8) is 0 Å². The lowest BCUT2D eigenvalue weighted by atomic mass is 10.1. The second-order valence-electron chi connectivity index (χ2n) is 3.87. The number of halogens is 1. The number of methoxy groups -OCH3 is 1. The first-order chi connectivity index (χ1) is 9.47. The van der Waals surface area contributed by atoms with Crippen LogP contribution in [0.1, 0.15) is 29.8 Å². The van der Waals surface area contributed by atoms with Crippen molar-refractivity contribution in [2.24, 2.45) is 0 Å². The largest absolute Gasteiger partial charge is 0.465 e. The van der Waals surface area contributed by atoms with Gasteiger partial charge in [0.15, 0.2) is 0 Å². The second-order valence-corrected chi connectivity index (χ2v) is 6.31. The fourth-order valence-electron chi connectivity index (χ4n) is 1.70. The first-order valence-electron chi connectivity index (χ1n) is 6.21. The summed E-state index contributed by atoms with van der Waals surface area (Å²) in [5.74, 6) is -0.542. The van der Waals surface area contributed by atoms with Gasteiger partial charge in [-0.3, -0.25) is 4.57 Å². The van der Waals surface area contributed by atoms with Crippen molar-refractivity contribution in [2.45, 2.75) is 20.0 Å².